The van der Waals surface area contributed by atoms with Crippen molar-refractivity contribution in [2.24, 2.45) is 0 Å². The summed E-state index contributed by atoms with van der Waals surface area (Å²) in [7, 11) is 0. The molecule has 0 saturated heterocycles. The highest BCUT2D eigenvalue weighted by Crippen LogP contribution is 2.41. The van der Waals surface area contributed by atoms with Gasteiger partial charge in [0, 0.05) is 28.6 Å². The van der Waals surface area contributed by atoms with Crippen LogP contribution in [0.3, 0.4) is 0 Å². The zero-order valence-corrected chi connectivity index (χ0v) is 19.3. The van der Waals surface area contributed by atoms with E-state index in [9.17, 15) is 19.1 Å². The van der Waals surface area contributed by atoms with Gasteiger partial charge in [-0.05, 0) is 54.4 Å². The van der Waals surface area contributed by atoms with Crippen molar-refractivity contribution in [1.29, 1.82) is 0 Å². The quantitative estimate of drug-likeness (QED) is 0.386. The normalized spacial score (nSPS) is 15.6. The lowest BCUT2D eigenvalue weighted by atomic mass is 9.93. The maximum atomic E-state index is 14.3. The van der Waals surface area contributed by atoms with E-state index in [0.717, 1.165) is 0 Å². The minimum atomic E-state index is -1.56. The van der Waals surface area contributed by atoms with Gasteiger partial charge in [-0.1, -0.05) is 35.3 Å². The number of alkyl halides is 1. The van der Waals surface area contributed by atoms with E-state index >= 15 is 0 Å². The molecule has 0 aromatic heterocycles. The molecule has 3 aromatic carbocycles. The molecule has 0 aliphatic carbocycles. The predicted octanol–water partition coefficient (Wildman–Crippen LogP) is 6.00. The van der Waals surface area contributed by atoms with Gasteiger partial charge in [-0.2, -0.15) is 0 Å². The maximum absolute atomic E-state index is 14.3. The first-order valence-electron chi connectivity index (χ1n) is 10.5. The minimum absolute atomic E-state index is 0.0196. The molecule has 1 aliphatic rings. The number of nitrogens with one attached hydrogen (secondary N) is 1. The number of hydrogen-bond donors (Lipinski definition) is 2. The third-order valence-corrected chi connectivity index (χ3v) is 5.91. The van der Waals surface area contributed by atoms with Crippen LogP contribution in [-0.4, -0.2) is 29.9 Å². The number of amides is 1. The molecule has 0 bridgehead atoms. The van der Waals surface area contributed by atoms with E-state index in [1.807, 2.05) is 0 Å². The summed E-state index contributed by atoms with van der Waals surface area (Å²) in [5, 5.41) is 12.5. The van der Waals surface area contributed by atoms with E-state index in [-0.39, 0.29) is 29.4 Å². The molecule has 0 saturated carbocycles. The number of aliphatic carboxylic acids is 1. The molecular weight excluding hydrogens is 484 g/mol. The molecule has 1 heterocycles. The Labute approximate surface area is 205 Å². The molecule has 0 spiro atoms. The second-order valence-electron chi connectivity index (χ2n) is 7.75. The van der Waals surface area contributed by atoms with Gasteiger partial charge in [0.1, 0.15) is 17.2 Å². The average Bonchev–Trinajstić information content (AvgIpc) is 2.81. The van der Waals surface area contributed by atoms with Crippen LogP contribution >= 0.6 is 23.2 Å². The van der Waals surface area contributed by atoms with Crippen LogP contribution in [0.5, 0.6) is 17.2 Å². The monoisotopic (exact) mass is 503 g/mol. The van der Waals surface area contributed by atoms with E-state index in [2.05, 4.69) is 5.32 Å². The van der Waals surface area contributed by atoms with Crippen LogP contribution < -0.4 is 14.8 Å². The Morgan fingerprint density at radius 3 is 2.50 bits per heavy atom. The second-order valence-corrected chi connectivity index (χ2v) is 8.59. The van der Waals surface area contributed by atoms with Crippen LogP contribution in [0.1, 0.15) is 33.8 Å². The number of halogens is 3. The van der Waals surface area contributed by atoms with Gasteiger partial charge in [0.2, 0.25) is 0 Å². The average molecular weight is 504 g/mol. The van der Waals surface area contributed by atoms with Crippen molar-refractivity contribution in [3.05, 3.63) is 87.4 Å². The zero-order chi connectivity index (χ0) is 24.2. The van der Waals surface area contributed by atoms with Gasteiger partial charge in [0.15, 0.2) is 6.30 Å². The fourth-order valence-electron chi connectivity index (χ4n) is 3.63. The summed E-state index contributed by atoms with van der Waals surface area (Å²) in [6, 6.07) is 15.9. The summed E-state index contributed by atoms with van der Waals surface area (Å²) in [4.78, 5) is 23.8. The molecule has 176 valence electrons. The zero-order valence-electron chi connectivity index (χ0n) is 17.8. The molecule has 0 fully saturated rings. The molecule has 2 atom stereocenters. The molecule has 2 N–H and O–H groups in total. The number of benzene rings is 3. The number of fused-ring (bicyclic) bond motifs is 1. The van der Waals surface area contributed by atoms with E-state index in [0.29, 0.717) is 34.1 Å². The summed E-state index contributed by atoms with van der Waals surface area (Å²) in [6.45, 7) is 0.280. The molecular formula is C25H20Cl2FNO5. The molecule has 4 rings (SSSR count). The fourth-order valence-corrected chi connectivity index (χ4v) is 3.97. The summed E-state index contributed by atoms with van der Waals surface area (Å²) in [6.07, 6.45) is -1.18. The van der Waals surface area contributed by atoms with Gasteiger partial charge in [0.05, 0.1) is 17.5 Å². The molecule has 1 amide bonds. The van der Waals surface area contributed by atoms with Crippen LogP contribution in [-0.2, 0) is 11.2 Å². The van der Waals surface area contributed by atoms with E-state index in [4.69, 9.17) is 32.7 Å². The summed E-state index contributed by atoms with van der Waals surface area (Å²) >= 11 is 12.1. The summed E-state index contributed by atoms with van der Waals surface area (Å²) < 4.78 is 25.7. The Morgan fingerprint density at radius 2 is 1.82 bits per heavy atom. The molecule has 1 aliphatic heterocycles. The highest BCUT2D eigenvalue weighted by atomic mass is 35.5. The van der Waals surface area contributed by atoms with Crippen molar-refractivity contribution in [2.75, 3.05) is 6.61 Å². The molecule has 0 radical (unpaired) electrons. The lowest BCUT2D eigenvalue weighted by molar-refractivity contribution is -0.139. The summed E-state index contributed by atoms with van der Waals surface area (Å²) in [5.41, 5.74) is 1.47. The number of carbonyl (C=O) groups is 2. The first-order valence-corrected chi connectivity index (χ1v) is 11.2. The van der Waals surface area contributed by atoms with E-state index in [1.165, 1.54) is 18.2 Å². The van der Waals surface area contributed by atoms with Crippen LogP contribution in [0, 0.1) is 0 Å². The van der Waals surface area contributed by atoms with Crippen molar-refractivity contribution in [2.45, 2.75) is 25.1 Å². The van der Waals surface area contributed by atoms with Crippen LogP contribution in [0.4, 0.5) is 4.39 Å². The Hall–Kier alpha value is -3.29. The number of hydrogen-bond acceptors (Lipinski definition) is 4. The van der Waals surface area contributed by atoms with Gasteiger partial charge < -0.3 is 19.9 Å². The SMILES string of the molecule is O=C(NC(F)Cc1ccc(Cl)cc1)c1ccc(Oc2cc3c(cc2Cl)C(C(=O)O)CCO3)cc1. The topological polar surface area (TPSA) is 84.9 Å². The standard InChI is InChI=1S/C25H20Cl2FNO5/c26-16-5-1-14(2-6-16)11-23(28)29-24(30)15-3-7-17(8-4-15)34-22-13-21-19(12-20(22)27)18(25(31)32)9-10-33-21/h1-8,12-13,18,23H,9-11H2,(H,29,30)(H,31,32). The maximum Gasteiger partial charge on any atom is 0.311 e. The van der Waals surface area contributed by atoms with Gasteiger partial charge in [0.25, 0.3) is 5.91 Å². The van der Waals surface area contributed by atoms with Crippen LogP contribution in [0.15, 0.2) is 60.7 Å². The third-order valence-electron chi connectivity index (χ3n) is 5.36. The number of carbonyl (C=O) groups excluding carboxylic acids is 1. The number of rotatable bonds is 7. The third kappa shape index (κ3) is 5.61. The number of carboxylic acids is 1. The van der Waals surface area contributed by atoms with Crippen molar-refractivity contribution >= 4 is 35.1 Å². The second kappa shape index (κ2) is 10.3. The summed E-state index contributed by atoms with van der Waals surface area (Å²) in [5.74, 6) is -1.10. The Kier molecular flexibility index (Phi) is 7.24. The smallest absolute Gasteiger partial charge is 0.311 e. The molecule has 6 nitrogen and oxygen atoms in total. The number of ether oxygens (including phenoxy) is 2. The molecule has 34 heavy (non-hydrogen) atoms. The van der Waals surface area contributed by atoms with Crippen LogP contribution in [0.2, 0.25) is 10.0 Å². The lowest BCUT2D eigenvalue weighted by Gasteiger charge is -2.24. The Balaban J connectivity index is 1.40. The predicted molar refractivity (Wildman–Crippen MR) is 126 cm³/mol. The minimum Gasteiger partial charge on any atom is -0.493 e. The highest BCUT2D eigenvalue weighted by Gasteiger charge is 2.29. The van der Waals surface area contributed by atoms with Crippen molar-refractivity contribution in [3.63, 3.8) is 0 Å². The van der Waals surface area contributed by atoms with Crippen LogP contribution in [0.25, 0.3) is 0 Å². The fraction of sp³-hybridized carbons (Fsp3) is 0.200. The highest BCUT2D eigenvalue weighted by molar-refractivity contribution is 6.32. The van der Waals surface area contributed by atoms with E-state index < -0.39 is 24.1 Å². The number of carboxylic acid groups (broad SMARTS) is 1. The van der Waals surface area contributed by atoms with Gasteiger partial charge >= 0.3 is 5.97 Å². The first kappa shape index (κ1) is 23.9. The Bertz CT molecular complexity index is 1200. The van der Waals surface area contributed by atoms with Gasteiger partial charge in [-0.3, -0.25) is 9.59 Å². The van der Waals surface area contributed by atoms with Gasteiger partial charge in [-0.25, -0.2) is 4.39 Å². The van der Waals surface area contributed by atoms with Crippen molar-refractivity contribution in [1.82, 2.24) is 5.32 Å². The first-order chi connectivity index (χ1) is 16.3. The largest absolute Gasteiger partial charge is 0.493 e. The van der Waals surface area contributed by atoms with Gasteiger partial charge in [-0.15, -0.1) is 0 Å². The Morgan fingerprint density at radius 1 is 1.12 bits per heavy atom. The van der Waals surface area contributed by atoms with E-state index in [1.54, 1.807) is 42.5 Å². The van der Waals surface area contributed by atoms with Crippen molar-refractivity contribution < 1.29 is 28.6 Å². The molecule has 9 heteroatoms. The molecule has 3 aromatic rings. The molecule has 2 unspecified atom stereocenters. The van der Waals surface area contributed by atoms with Crippen molar-refractivity contribution in [3.8, 4) is 17.2 Å². The lowest BCUT2D eigenvalue weighted by Crippen LogP contribution is -2.33.